The Hall–Kier alpha value is -2.36. The van der Waals surface area contributed by atoms with Gasteiger partial charge >= 0.3 is 5.97 Å². The second-order valence-electron chi connectivity index (χ2n) is 9.38. The van der Waals surface area contributed by atoms with Gasteiger partial charge in [0.15, 0.2) is 0 Å². The molecule has 2 heterocycles. The van der Waals surface area contributed by atoms with Crippen LogP contribution in [-0.2, 0) is 9.53 Å². The first kappa shape index (κ1) is 19.6. The van der Waals surface area contributed by atoms with Crippen LogP contribution >= 0.6 is 0 Å². The van der Waals surface area contributed by atoms with Gasteiger partial charge in [-0.25, -0.2) is 4.39 Å². The van der Waals surface area contributed by atoms with Gasteiger partial charge in [0.1, 0.15) is 11.9 Å². The molecule has 1 unspecified atom stereocenters. The fraction of sp³-hybridized carbons (Fsp3) is 0.500. The molecule has 0 radical (unpaired) electrons. The first-order chi connectivity index (χ1) is 14.6. The number of carbonyl (C=O) groups is 1. The fourth-order valence-corrected chi connectivity index (χ4v) is 6.31. The highest BCUT2D eigenvalue weighted by molar-refractivity contribution is 5.75. The van der Waals surface area contributed by atoms with Crippen molar-refractivity contribution in [3.63, 3.8) is 0 Å². The number of carbonyl (C=O) groups excluding carboxylic acids is 1. The van der Waals surface area contributed by atoms with Gasteiger partial charge in [0, 0.05) is 18.2 Å². The largest absolute Gasteiger partial charge is 0.462 e. The van der Waals surface area contributed by atoms with Crippen LogP contribution in [0.4, 0.5) is 4.39 Å². The standard InChI is InChI=1S/C26H30FNO2/c1-16-25-23(22-8-3-2-5-18(22)14-24(25)26(29)30-16)12-11-21-10-9-19(15-28-21)17-6-4-7-20(27)13-17/h4,6-7,9-13,16,18,22-25,28H,2-3,5,8,14-15H2,1H3/b12-11+/t16-,18+,22-,23+,24?,25+/m1/s1. The summed E-state index contributed by atoms with van der Waals surface area (Å²) in [4.78, 5) is 12.4. The fourth-order valence-electron chi connectivity index (χ4n) is 6.31. The molecule has 2 saturated carbocycles. The molecular formula is C26H30FNO2. The van der Waals surface area contributed by atoms with E-state index >= 15 is 0 Å². The van der Waals surface area contributed by atoms with Crippen LogP contribution in [0.5, 0.6) is 0 Å². The first-order valence-electron chi connectivity index (χ1n) is 11.4. The molecule has 1 saturated heterocycles. The van der Waals surface area contributed by atoms with Crippen LogP contribution in [0.3, 0.4) is 0 Å². The Labute approximate surface area is 178 Å². The van der Waals surface area contributed by atoms with Crippen LogP contribution < -0.4 is 5.32 Å². The van der Waals surface area contributed by atoms with Crippen LogP contribution in [0.15, 0.2) is 54.3 Å². The Kier molecular flexibility index (Phi) is 5.26. The summed E-state index contributed by atoms with van der Waals surface area (Å²) in [5.41, 5.74) is 3.07. The number of hydrogen-bond donors (Lipinski definition) is 1. The zero-order chi connectivity index (χ0) is 20.7. The van der Waals surface area contributed by atoms with Gasteiger partial charge in [-0.3, -0.25) is 4.79 Å². The highest BCUT2D eigenvalue weighted by Gasteiger charge is 2.53. The Morgan fingerprint density at radius 1 is 1.20 bits per heavy atom. The van der Waals surface area contributed by atoms with Crippen molar-refractivity contribution < 1.29 is 13.9 Å². The molecule has 0 bridgehead atoms. The Morgan fingerprint density at radius 2 is 2.07 bits per heavy atom. The number of rotatable bonds is 3. The van der Waals surface area contributed by atoms with E-state index in [4.69, 9.17) is 4.74 Å². The third kappa shape index (κ3) is 3.61. The van der Waals surface area contributed by atoms with Crippen LogP contribution in [0, 0.1) is 35.4 Å². The molecule has 0 amide bonds. The lowest BCUT2D eigenvalue weighted by Crippen LogP contribution is -2.42. The Morgan fingerprint density at radius 3 is 2.87 bits per heavy atom. The molecule has 3 fully saturated rings. The Bertz CT molecular complexity index is 917. The summed E-state index contributed by atoms with van der Waals surface area (Å²) >= 11 is 0. The molecule has 0 aromatic heterocycles. The molecule has 1 aromatic rings. The summed E-state index contributed by atoms with van der Waals surface area (Å²) in [6.45, 7) is 2.75. The number of allylic oxidation sites excluding steroid dienone is 4. The lowest BCUT2D eigenvalue weighted by Gasteiger charge is -2.45. The molecule has 1 N–H and O–H groups in total. The number of fused-ring (bicyclic) bond motifs is 2. The maximum Gasteiger partial charge on any atom is 0.309 e. The van der Waals surface area contributed by atoms with Gasteiger partial charge in [-0.05, 0) is 72.9 Å². The lowest BCUT2D eigenvalue weighted by atomic mass is 9.57. The third-order valence-corrected chi connectivity index (χ3v) is 7.72. The second kappa shape index (κ2) is 8.05. The summed E-state index contributed by atoms with van der Waals surface area (Å²) in [6.07, 6.45) is 14.8. The number of ether oxygens (including phenoxy) is 1. The average molecular weight is 408 g/mol. The van der Waals surface area contributed by atoms with E-state index in [0.29, 0.717) is 30.2 Å². The predicted molar refractivity (Wildman–Crippen MR) is 116 cm³/mol. The van der Waals surface area contributed by atoms with E-state index in [1.165, 1.54) is 31.7 Å². The number of halogens is 1. The minimum atomic E-state index is -0.209. The maximum atomic E-state index is 13.5. The molecule has 4 aliphatic rings. The molecule has 158 valence electrons. The zero-order valence-corrected chi connectivity index (χ0v) is 17.5. The van der Waals surface area contributed by atoms with Crippen LogP contribution in [0.1, 0.15) is 44.6 Å². The van der Waals surface area contributed by atoms with E-state index in [2.05, 4.69) is 36.5 Å². The summed E-state index contributed by atoms with van der Waals surface area (Å²) in [7, 11) is 0. The van der Waals surface area contributed by atoms with E-state index in [0.717, 1.165) is 23.3 Å². The van der Waals surface area contributed by atoms with Crippen molar-refractivity contribution in [1.29, 1.82) is 0 Å². The second-order valence-corrected chi connectivity index (χ2v) is 9.38. The molecule has 5 rings (SSSR count). The van der Waals surface area contributed by atoms with Gasteiger partial charge in [0.25, 0.3) is 0 Å². The molecule has 0 spiro atoms. The molecule has 1 aromatic carbocycles. The molecule has 30 heavy (non-hydrogen) atoms. The highest BCUT2D eigenvalue weighted by atomic mass is 19.1. The van der Waals surface area contributed by atoms with Gasteiger partial charge < -0.3 is 10.1 Å². The van der Waals surface area contributed by atoms with Crippen LogP contribution in [0.2, 0.25) is 0 Å². The number of cyclic esters (lactones) is 1. The van der Waals surface area contributed by atoms with Crippen molar-refractivity contribution in [3.8, 4) is 0 Å². The van der Waals surface area contributed by atoms with Gasteiger partial charge in [0.2, 0.25) is 0 Å². The number of nitrogens with one attached hydrogen (secondary N) is 1. The van der Waals surface area contributed by atoms with E-state index in [9.17, 15) is 9.18 Å². The SMILES string of the molecule is C[C@H]1OC(=O)C2C[C@@H]3CCCC[C@H]3[C@H](/C=C/C3=CC=C(c4cccc(F)c4)CN3)[C@@H]21. The summed E-state index contributed by atoms with van der Waals surface area (Å²) in [5.74, 6) is 1.90. The third-order valence-electron chi connectivity index (χ3n) is 7.72. The minimum Gasteiger partial charge on any atom is -0.462 e. The molecule has 2 aliphatic heterocycles. The van der Waals surface area contributed by atoms with Crippen molar-refractivity contribution in [3.05, 3.63) is 65.6 Å². The monoisotopic (exact) mass is 407 g/mol. The molecule has 2 aliphatic carbocycles. The zero-order valence-electron chi connectivity index (χ0n) is 17.5. The molecule has 6 atom stereocenters. The number of esters is 1. The smallest absolute Gasteiger partial charge is 0.309 e. The van der Waals surface area contributed by atoms with Crippen molar-refractivity contribution in [2.45, 2.75) is 45.1 Å². The van der Waals surface area contributed by atoms with Gasteiger partial charge in [-0.15, -0.1) is 0 Å². The normalized spacial score (nSPS) is 35.7. The highest BCUT2D eigenvalue weighted by Crippen LogP contribution is 2.53. The maximum absolute atomic E-state index is 13.5. The summed E-state index contributed by atoms with van der Waals surface area (Å²) in [6, 6.07) is 6.73. The molecule has 4 heteroatoms. The Balaban J connectivity index is 1.37. The minimum absolute atomic E-state index is 0.00722. The topological polar surface area (TPSA) is 38.3 Å². The van der Waals surface area contributed by atoms with Crippen molar-refractivity contribution in [2.24, 2.45) is 29.6 Å². The lowest BCUT2D eigenvalue weighted by molar-refractivity contribution is -0.144. The number of hydrogen-bond acceptors (Lipinski definition) is 3. The van der Waals surface area contributed by atoms with Gasteiger partial charge in [-0.1, -0.05) is 43.5 Å². The van der Waals surface area contributed by atoms with E-state index in [1.54, 1.807) is 12.1 Å². The van der Waals surface area contributed by atoms with E-state index in [-0.39, 0.29) is 23.8 Å². The van der Waals surface area contributed by atoms with Crippen molar-refractivity contribution in [1.82, 2.24) is 5.32 Å². The van der Waals surface area contributed by atoms with Crippen LogP contribution in [0.25, 0.3) is 5.57 Å². The molecule has 3 nitrogen and oxygen atoms in total. The summed E-state index contributed by atoms with van der Waals surface area (Å²) in [5, 5.41) is 3.46. The van der Waals surface area contributed by atoms with E-state index in [1.807, 2.05) is 6.07 Å². The predicted octanol–water partition coefficient (Wildman–Crippen LogP) is 5.26. The van der Waals surface area contributed by atoms with Crippen molar-refractivity contribution in [2.75, 3.05) is 6.54 Å². The quantitative estimate of drug-likeness (QED) is 0.695. The van der Waals surface area contributed by atoms with E-state index < -0.39 is 0 Å². The van der Waals surface area contributed by atoms with Gasteiger partial charge in [0.05, 0.1) is 5.92 Å². The summed E-state index contributed by atoms with van der Waals surface area (Å²) < 4.78 is 19.2. The number of benzene rings is 1. The first-order valence-corrected chi connectivity index (χ1v) is 11.4. The average Bonchev–Trinajstić information content (AvgIpc) is 3.05. The number of dihydropyridines is 1. The molecular weight excluding hydrogens is 377 g/mol. The van der Waals surface area contributed by atoms with Crippen molar-refractivity contribution >= 4 is 11.5 Å². The van der Waals surface area contributed by atoms with Gasteiger partial charge in [-0.2, -0.15) is 0 Å². The van der Waals surface area contributed by atoms with Crippen LogP contribution in [-0.4, -0.2) is 18.6 Å².